The third kappa shape index (κ3) is 6.34. The Morgan fingerprint density at radius 1 is 1.08 bits per heavy atom. The summed E-state index contributed by atoms with van der Waals surface area (Å²) < 4.78 is 25.4. The van der Waals surface area contributed by atoms with Crippen molar-refractivity contribution in [3.05, 3.63) is 59.2 Å². The van der Waals surface area contributed by atoms with Crippen LogP contribution in [0.25, 0.3) is 5.57 Å². The van der Waals surface area contributed by atoms with Crippen molar-refractivity contribution in [2.45, 2.75) is 48.7 Å². The van der Waals surface area contributed by atoms with Crippen LogP contribution in [0.5, 0.6) is 11.5 Å². The number of halogens is 1. The molecule has 2 aromatic rings. The van der Waals surface area contributed by atoms with Crippen molar-refractivity contribution < 1.29 is 32.6 Å². The predicted octanol–water partition coefficient (Wildman–Crippen LogP) is 7.33. The molecule has 2 fully saturated rings. The molecule has 37 heavy (non-hydrogen) atoms. The molecule has 0 bridgehead atoms. The molecule has 2 atom stereocenters. The Balaban J connectivity index is 0.00000280. The molecular formula is C28H33INO3PS2V. The van der Waals surface area contributed by atoms with Crippen molar-refractivity contribution >= 4 is 61.9 Å². The molecule has 0 N–H and O–H groups in total. The van der Waals surface area contributed by atoms with Crippen LogP contribution in [0.2, 0.25) is 0 Å². The zero-order valence-corrected chi connectivity index (χ0v) is 27.1. The molecule has 1 unspecified atom stereocenters. The van der Waals surface area contributed by atoms with Gasteiger partial charge in [0.1, 0.15) is 24.2 Å². The molecule has 4 aliphatic rings. The molecule has 0 saturated carbocycles. The van der Waals surface area contributed by atoms with Crippen molar-refractivity contribution in [2.75, 3.05) is 37.7 Å². The summed E-state index contributed by atoms with van der Waals surface area (Å²) in [5.74, 6) is 4.29. The van der Waals surface area contributed by atoms with E-state index < -0.39 is 5.44 Å². The van der Waals surface area contributed by atoms with E-state index in [0.717, 1.165) is 42.8 Å². The molecule has 1 spiro atoms. The zero-order valence-electron chi connectivity index (χ0n) is 20.9. The first-order valence-electron chi connectivity index (χ1n) is 13.1. The van der Waals surface area contributed by atoms with Crippen LogP contribution in [0.15, 0.2) is 48.0 Å². The van der Waals surface area contributed by atoms with Gasteiger partial charge in [-0.25, -0.2) is 0 Å². The molecule has 4 nitrogen and oxygen atoms in total. The van der Waals surface area contributed by atoms with E-state index >= 15 is 0 Å². The van der Waals surface area contributed by atoms with E-state index in [2.05, 4.69) is 58.8 Å². The number of thioether (sulfide) groups is 2. The Labute approximate surface area is 254 Å². The first kappa shape index (κ1) is 28.5. The Morgan fingerprint density at radius 2 is 1.84 bits per heavy atom. The smallest absolute Gasteiger partial charge is 0.159 e. The number of allylic oxidation sites excluding steroid dienone is 1. The Kier molecular flexibility index (Phi) is 9.75. The van der Waals surface area contributed by atoms with Gasteiger partial charge in [-0.1, -0.05) is 30.7 Å². The number of piperidine rings is 1. The van der Waals surface area contributed by atoms with Crippen molar-refractivity contribution in [3.63, 3.8) is 0 Å². The predicted molar refractivity (Wildman–Crippen MR) is 163 cm³/mol. The number of likely N-dealkylation sites (tertiary alicyclic amines) is 1. The Morgan fingerprint density at radius 3 is 2.57 bits per heavy atom. The van der Waals surface area contributed by atoms with E-state index in [1.165, 1.54) is 72.6 Å². The van der Waals surface area contributed by atoms with E-state index in [4.69, 9.17) is 9.47 Å². The maximum atomic E-state index is 12.2. The first-order chi connectivity index (χ1) is 17.6. The molecular weight excluding hydrogens is 671 g/mol. The summed E-state index contributed by atoms with van der Waals surface area (Å²) >= 11 is 6.32. The van der Waals surface area contributed by atoms with E-state index in [0.29, 0.717) is 4.08 Å². The third-order valence-electron chi connectivity index (χ3n) is 7.82. The summed E-state index contributed by atoms with van der Waals surface area (Å²) in [6, 6.07) is 14.7. The number of ether oxygens (including phenoxy) is 2. The second-order valence-corrected chi connectivity index (χ2v) is 17.4. The average molecular weight is 705 g/mol. The fourth-order valence-electron chi connectivity index (χ4n) is 5.94. The normalized spacial score (nSPS) is 23.5. The number of fused-ring (bicyclic) bond motifs is 2. The van der Waals surface area contributed by atoms with Gasteiger partial charge in [-0.15, -0.1) is 23.5 Å². The van der Waals surface area contributed by atoms with E-state index in [9.17, 15) is 4.57 Å². The fourth-order valence-corrected chi connectivity index (χ4v) is 10.7. The van der Waals surface area contributed by atoms with Crippen LogP contribution in [0.3, 0.4) is 0 Å². The number of benzene rings is 2. The zero-order chi connectivity index (χ0) is 24.5. The molecule has 9 heteroatoms. The molecule has 2 saturated heterocycles. The van der Waals surface area contributed by atoms with Crippen LogP contribution in [-0.2, 0) is 23.1 Å². The topological polar surface area (TPSA) is 38.8 Å². The van der Waals surface area contributed by atoms with E-state index in [1.54, 1.807) is 0 Å². The minimum Gasteiger partial charge on any atom is -0.492 e. The monoisotopic (exact) mass is 704 g/mol. The maximum absolute atomic E-state index is 12.2. The number of hydrogen-bond donors (Lipinski definition) is 0. The molecule has 0 aromatic heterocycles. The van der Waals surface area contributed by atoms with Crippen LogP contribution in [0, 0.1) is 0 Å². The van der Waals surface area contributed by atoms with Gasteiger partial charge in [0, 0.05) is 47.5 Å². The van der Waals surface area contributed by atoms with Crippen molar-refractivity contribution in [2.24, 2.45) is 0 Å². The standard InChI is InChI=1S/C28H33INO3PS2.V/c29-34(31)22-8-9-24-23-10-11-28(35-16-17-36-28)19-25(23)27(33-26(24)18-22)20-4-6-21(7-5-20)32-15-14-30-12-2-1-3-13-30;/h4-9,18,27,34H,1-3,10-17,19H2;/t27-;/m0./s1. The molecule has 3 aliphatic heterocycles. The molecule has 2 aromatic carbocycles. The molecule has 197 valence electrons. The summed E-state index contributed by atoms with van der Waals surface area (Å²) in [6.07, 6.45) is 7.25. The first-order valence-corrected chi connectivity index (χ1v) is 19.6. The third-order valence-corrected chi connectivity index (χ3v) is 14.0. The summed E-state index contributed by atoms with van der Waals surface area (Å²) in [5, 5.41) is 0.883. The van der Waals surface area contributed by atoms with Gasteiger partial charge in [-0.05, 0) is 102 Å². The Bertz CT molecular complexity index is 1170. The molecule has 0 amide bonds. The van der Waals surface area contributed by atoms with Gasteiger partial charge >= 0.3 is 0 Å². The van der Waals surface area contributed by atoms with Crippen LogP contribution < -0.4 is 14.8 Å². The van der Waals surface area contributed by atoms with Gasteiger partial charge in [-0.2, -0.15) is 0 Å². The molecule has 1 aliphatic carbocycles. The van der Waals surface area contributed by atoms with Crippen LogP contribution in [0.4, 0.5) is 0 Å². The van der Waals surface area contributed by atoms with Crippen molar-refractivity contribution in [3.8, 4) is 11.5 Å². The van der Waals surface area contributed by atoms with Crippen LogP contribution in [0.1, 0.15) is 55.8 Å². The van der Waals surface area contributed by atoms with Gasteiger partial charge in [0.05, 0.1) is 4.08 Å². The average Bonchev–Trinajstić information content (AvgIpc) is 3.36. The molecule has 6 rings (SSSR count). The number of nitrogens with zero attached hydrogens (tertiary/aromatic N) is 1. The summed E-state index contributed by atoms with van der Waals surface area (Å²) in [4.78, 5) is 2.51. The largest absolute Gasteiger partial charge is 0.492 e. The minimum absolute atomic E-state index is 0. The second kappa shape index (κ2) is 12.7. The van der Waals surface area contributed by atoms with Gasteiger partial charge in [-0.3, -0.25) is 4.90 Å². The maximum Gasteiger partial charge on any atom is 0.159 e. The van der Waals surface area contributed by atoms with Crippen LogP contribution >= 0.6 is 51.0 Å². The SMILES string of the molecule is O=[PH](I)c1ccc2c(c1)O[C@@H](c1ccc(OCCN3CCCCC3)cc1)C1=C2CCC2(C1)SCCS2.[V]. The molecule has 1 radical (unpaired) electrons. The van der Waals surface area contributed by atoms with Crippen LogP contribution in [-0.4, -0.2) is 46.7 Å². The van der Waals surface area contributed by atoms with Crippen molar-refractivity contribution in [1.29, 1.82) is 0 Å². The number of hydrogen-bond acceptors (Lipinski definition) is 6. The van der Waals surface area contributed by atoms with Gasteiger partial charge in [0.15, 0.2) is 5.44 Å². The number of rotatable bonds is 6. The summed E-state index contributed by atoms with van der Waals surface area (Å²) in [7, 11) is 0. The second-order valence-electron chi connectivity index (χ2n) is 10.1. The van der Waals surface area contributed by atoms with E-state index in [-0.39, 0.29) is 24.7 Å². The minimum atomic E-state index is -1.80. The van der Waals surface area contributed by atoms with Crippen molar-refractivity contribution in [1.82, 2.24) is 4.90 Å². The van der Waals surface area contributed by atoms with Gasteiger partial charge < -0.3 is 14.0 Å². The van der Waals surface area contributed by atoms with Gasteiger partial charge in [0.25, 0.3) is 0 Å². The summed E-state index contributed by atoms with van der Waals surface area (Å²) in [5.41, 5.74) is 3.46. The van der Waals surface area contributed by atoms with E-state index in [1.807, 2.05) is 34.2 Å². The van der Waals surface area contributed by atoms with Gasteiger partial charge in [0.2, 0.25) is 0 Å². The molecule has 3 heterocycles. The summed E-state index contributed by atoms with van der Waals surface area (Å²) in [6.45, 7) is 4.14. The fraction of sp³-hybridized carbons (Fsp3) is 0.500. The quantitative estimate of drug-likeness (QED) is 0.232. The Hall–Kier alpha value is -0.0156.